The largest absolute Gasteiger partial charge is 0.493 e. The Hall–Kier alpha value is -2.01. The van der Waals surface area contributed by atoms with E-state index in [1.807, 2.05) is 19.1 Å². The van der Waals surface area contributed by atoms with Gasteiger partial charge in [-0.15, -0.1) is 0 Å². The van der Waals surface area contributed by atoms with Gasteiger partial charge in [-0.05, 0) is 49.6 Å². The van der Waals surface area contributed by atoms with Crippen LogP contribution in [0.25, 0.3) is 6.08 Å². The second-order valence-electron chi connectivity index (χ2n) is 4.74. The van der Waals surface area contributed by atoms with Crippen molar-refractivity contribution in [1.29, 1.82) is 0 Å². The summed E-state index contributed by atoms with van der Waals surface area (Å²) in [4.78, 5) is 11.5. The van der Waals surface area contributed by atoms with Crippen molar-refractivity contribution in [2.75, 3.05) is 27.9 Å². The van der Waals surface area contributed by atoms with E-state index < -0.39 is 0 Å². The molecule has 0 spiro atoms. The van der Waals surface area contributed by atoms with Gasteiger partial charge in [0.15, 0.2) is 11.5 Å². The molecule has 0 aliphatic rings. The average Bonchev–Trinajstić information content (AvgIpc) is 2.53. The third kappa shape index (κ3) is 5.07. The Balaban J connectivity index is 3.17. The molecular formula is C17H24O5. The van der Waals surface area contributed by atoms with Gasteiger partial charge in [-0.3, -0.25) is 0 Å². The monoisotopic (exact) mass is 308 g/mol. The lowest BCUT2D eigenvalue weighted by Crippen LogP contribution is -2.10. The van der Waals surface area contributed by atoms with Gasteiger partial charge in [-0.25, -0.2) is 4.79 Å². The second-order valence-corrected chi connectivity index (χ2v) is 4.74. The van der Waals surface area contributed by atoms with Gasteiger partial charge >= 0.3 is 5.97 Å². The minimum atomic E-state index is -0.372. The van der Waals surface area contributed by atoms with Crippen LogP contribution in [0.5, 0.6) is 11.5 Å². The Bertz CT molecular complexity index is 522. The van der Waals surface area contributed by atoms with E-state index in [1.54, 1.807) is 34.3 Å². The quantitative estimate of drug-likeness (QED) is 0.546. The van der Waals surface area contributed by atoms with E-state index in [9.17, 15) is 4.79 Å². The van der Waals surface area contributed by atoms with Gasteiger partial charge < -0.3 is 18.9 Å². The highest BCUT2D eigenvalue weighted by Crippen LogP contribution is 2.32. The van der Waals surface area contributed by atoms with E-state index in [0.29, 0.717) is 24.5 Å². The summed E-state index contributed by atoms with van der Waals surface area (Å²) in [5.74, 6) is 0.886. The smallest absolute Gasteiger partial charge is 0.330 e. The second kappa shape index (κ2) is 9.10. The molecule has 0 radical (unpaired) electrons. The molecule has 0 aliphatic heterocycles. The maximum absolute atomic E-state index is 11.5. The van der Waals surface area contributed by atoms with Gasteiger partial charge in [-0.2, -0.15) is 0 Å². The lowest BCUT2D eigenvalue weighted by atomic mass is 10.0. The van der Waals surface area contributed by atoms with Gasteiger partial charge in [0.25, 0.3) is 0 Å². The molecule has 5 heteroatoms. The van der Waals surface area contributed by atoms with Crippen LogP contribution in [0.15, 0.2) is 18.2 Å². The van der Waals surface area contributed by atoms with Crippen LogP contribution in [0.2, 0.25) is 0 Å². The Morgan fingerprint density at radius 3 is 2.36 bits per heavy atom. The van der Waals surface area contributed by atoms with Gasteiger partial charge in [0, 0.05) is 13.2 Å². The molecule has 0 amide bonds. The maximum Gasteiger partial charge on any atom is 0.330 e. The number of benzene rings is 1. The number of hydrogen-bond acceptors (Lipinski definition) is 5. The van der Waals surface area contributed by atoms with Crippen molar-refractivity contribution in [2.24, 2.45) is 0 Å². The third-order valence-electron chi connectivity index (χ3n) is 3.24. The molecule has 1 unspecified atom stereocenters. The van der Waals surface area contributed by atoms with Crippen LogP contribution in [0.4, 0.5) is 0 Å². The number of methoxy groups -OCH3 is 3. The van der Waals surface area contributed by atoms with Crippen LogP contribution >= 0.6 is 0 Å². The predicted octanol–water partition coefficient (Wildman–Crippen LogP) is 2.86. The van der Waals surface area contributed by atoms with Crippen LogP contribution in [0, 0.1) is 0 Å². The first-order valence-corrected chi connectivity index (χ1v) is 7.18. The van der Waals surface area contributed by atoms with Crippen molar-refractivity contribution < 1.29 is 23.7 Å². The van der Waals surface area contributed by atoms with Crippen molar-refractivity contribution in [1.82, 2.24) is 0 Å². The Kier molecular flexibility index (Phi) is 7.46. The van der Waals surface area contributed by atoms with Crippen LogP contribution in [-0.2, 0) is 20.7 Å². The molecule has 0 aliphatic carbocycles. The van der Waals surface area contributed by atoms with E-state index >= 15 is 0 Å². The topological polar surface area (TPSA) is 54.0 Å². The molecule has 0 fully saturated rings. The number of rotatable bonds is 8. The minimum absolute atomic E-state index is 0.0489. The van der Waals surface area contributed by atoms with Gasteiger partial charge in [0.1, 0.15) is 0 Å². The normalized spacial score (nSPS) is 12.2. The molecule has 0 heterocycles. The Labute approximate surface area is 131 Å². The first-order valence-electron chi connectivity index (χ1n) is 7.18. The molecule has 0 bridgehead atoms. The lowest BCUT2D eigenvalue weighted by molar-refractivity contribution is -0.137. The fourth-order valence-electron chi connectivity index (χ4n) is 2.01. The highest BCUT2D eigenvalue weighted by molar-refractivity contribution is 5.87. The highest BCUT2D eigenvalue weighted by Gasteiger charge is 2.12. The molecule has 122 valence electrons. The molecule has 0 saturated carbocycles. The van der Waals surface area contributed by atoms with Gasteiger partial charge in [0.2, 0.25) is 0 Å². The van der Waals surface area contributed by atoms with Crippen LogP contribution in [0.3, 0.4) is 0 Å². The maximum atomic E-state index is 11.5. The standard InChI is InChI=1S/C17H24O5/c1-6-22-17(18)8-7-13-10-15(20-4)16(21-5)11-14(13)9-12(2)19-3/h7-8,10-12H,6,9H2,1-5H3/b8-7+. The Morgan fingerprint density at radius 2 is 1.82 bits per heavy atom. The third-order valence-corrected chi connectivity index (χ3v) is 3.24. The zero-order valence-corrected chi connectivity index (χ0v) is 13.8. The highest BCUT2D eigenvalue weighted by atomic mass is 16.5. The number of carbonyl (C=O) groups excluding carboxylic acids is 1. The van der Waals surface area contributed by atoms with Crippen molar-refractivity contribution in [3.8, 4) is 11.5 Å². The van der Waals surface area contributed by atoms with Gasteiger partial charge in [0.05, 0.1) is 26.9 Å². The summed E-state index contributed by atoms with van der Waals surface area (Å²) >= 11 is 0. The summed E-state index contributed by atoms with van der Waals surface area (Å²) in [6, 6.07) is 3.74. The van der Waals surface area contributed by atoms with E-state index in [1.165, 1.54) is 6.08 Å². The fourth-order valence-corrected chi connectivity index (χ4v) is 2.01. The van der Waals surface area contributed by atoms with Crippen LogP contribution in [-0.4, -0.2) is 40.0 Å². The zero-order chi connectivity index (χ0) is 16.5. The summed E-state index contributed by atoms with van der Waals surface area (Å²) in [5.41, 5.74) is 1.88. The number of carbonyl (C=O) groups is 1. The lowest BCUT2D eigenvalue weighted by Gasteiger charge is -2.15. The molecule has 1 atom stereocenters. The molecule has 1 aromatic rings. The summed E-state index contributed by atoms with van der Waals surface area (Å²) < 4.78 is 20.9. The number of ether oxygens (including phenoxy) is 4. The van der Waals surface area contributed by atoms with E-state index in [0.717, 1.165) is 11.1 Å². The summed E-state index contributed by atoms with van der Waals surface area (Å²) in [6.07, 6.45) is 3.87. The van der Waals surface area contributed by atoms with Crippen molar-refractivity contribution in [3.05, 3.63) is 29.3 Å². The molecule has 1 aromatic carbocycles. The molecular weight excluding hydrogens is 284 g/mol. The van der Waals surface area contributed by atoms with Crippen molar-refractivity contribution in [2.45, 2.75) is 26.4 Å². The van der Waals surface area contributed by atoms with E-state index in [4.69, 9.17) is 18.9 Å². The summed E-state index contributed by atoms with van der Waals surface area (Å²) in [7, 11) is 4.84. The molecule has 0 saturated heterocycles. The average molecular weight is 308 g/mol. The van der Waals surface area contributed by atoms with Crippen LogP contribution in [0.1, 0.15) is 25.0 Å². The molecule has 5 nitrogen and oxygen atoms in total. The minimum Gasteiger partial charge on any atom is -0.493 e. The molecule has 0 aromatic heterocycles. The SMILES string of the molecule is CCOC(=O)/C=C/c1cc(OC)c(OC)cc1CC(C)OC. The van der Waals surface area contributed by atoms with E-state index in [-0.39, 0.29) is 12.1 Å². The zero-order valence-electron chi connectivity index (χ0n) is 13.8. The van der Waals surface area contributed by atoms with Gasteiger partial charge in [-0.1, -0.05) is 0 Å². The van der Waals surface area contributed by atoms with Crippen LogP contribution < -0.4 is 9.47 Å². The molecule has 1 rings (SSSR count). The first-order chi connectivity index (χ1) is 10.5. The van der Waals surface area contributed by atoms with Crippen molar-refractivity contribution >= 4 is 12.0 Å². The molecule has 22 heavy (non-hydrogen) atoms. The first kappa shape index (κ1) is 18.0. The number of hydrogen-bond donors (Lipinski definition) is 0. The number of esters is 1. The molecule has 0 N–H and O–H groups in total. The van der Waals surface area contributed by atoms with Crippen molar-refractivity contribution in [3.63, 3.8) is 0 Å². The summed E-state index contributed by atoms with van der Waals surface area (Å²) in [6.45, 7) is 4.10. The Morgan fingerprint density at radius 1 is 1.18 bits per heavy atom. The summed E-state index contributed by atoms with van der Waals surface area (Å²) in [5, 5.41) is 0. The van der Waals surface area contributed by atoms with E-state index in [2.05, 4.69) is 0 Å². The fraction of sp³-hybridized carbons (Fsp3) is 0.471. The predicted molar refractivity (Wildman–Crippen MR) is 85.4 cm³/mol.